The zero-order chi connectivity index (χ0) is 16.5. The second-order valence-electron chi connectivity index (χ2n) is 5.51. The number of carbonyl (C=O) groups excluding carboxylic acids is 1. The van der Waals surface area contributed by atoms with Crippen LogP contribution >= 0.6 is 0 Å². The molecule has 1 N–H and O–H groups in total. The van der Waals surface area contributed by atoms with Gasteiger partial charge in [-0.3, -0.25) is 9.69 Å². The summed E-state index contributed by atoms with van der Waals surface area (Å²) in [5, 5.41) is 9.93. The summed E-state index contributed by atoms with van der Waals surface area (Å²) in [6, 6.07) is 7.61. The number of aliphatic hydroxyl groups is 1. The van der Waals surface area contributed by atoms with E-state index in [0.717, 1.165) is 11.3 Å². The number of nitrogens with zero attached hydrogens (tertiary/aromatic N) is 2. The predicted molar refractivity (Wildman–Crippen MR) is 84.8 cm³/mol. The molecule has 0 aliphatic rings. The van der Waals surface area contributed by atoms with Gasteiger partial charge in [-0.05, 0) is 24.7 Å². The Balaban J connectivity index is 2.27. The molecule has 0 aliphatic carbocycles. The third-order valence-corrected chi connectivity index (χ3v) is 3.14. The molecule has 0 spiro atoms. The van der Waals surface area contributed by atoms with Crippen molar-refractivity contribution in [2.45, 2.75) is 12.7 Å². The topological polar surface area (TPSA) is 62.2 Å². The number of hydrogen-bond donors (Lipinski definition) is 1. The number of methoxy groups -OCH3 is 1. The van der Waals surface area contributed by atoms with Crippen LogP contribution in [-0.2, 0) is 16.1 Å². The van der Waals surface area contributed by atoms with Crippen LogP contribution in [0.5, 0.6) is 5.75 Å². The van der Waals surface area contributed by atoms with E-state index in [1.54, 1.807) is 33.2 Å². The summed E-state index contributed by atoms with van der Waals surface area (Å²) >= 11 is 0. The standard InChI is InChI=1S/C16H26N2O4/c1-17(2)16(20)10-18(3)9-14(19)12-22-11-13-6-5-7-15(8-13)21-4/h5-8,14,19H,9-12H2,1-4H3. The highest BCUT2D eigenvalue weighted by Gasteiger charge is 2.13. The molecule has 0 bridgehead atoms. The van der Waals surface area contributed by atoms with Crippen LogP contribution in [0, 0.1) is 0 Å². The molecule has 0 aliphatic heterocycles. The van der Waals surface area contributed by atoms with Crippen molar-refractivity contribution >= 4 is 5.91 Å². The third-order valence-electron chi connectivity index (χ3n) is 3.14. The number of rotatable bonds is 9. The molecule has 1 aromatic rings. The normalized spacial score (nSPS) is 12.3. The first-order valence-electron chi connectivity index (χ1n) is 7.19. The lowest BCUT2D eigenvalue weighted by Crippen LogP contribution is -2.39. The Morgan fingerprint density at radius 1 is 1.32 bits per heavy atom. The van der Waals surface area contributed by atoms with Gasteiger partial charge in [0.05, 0.1) is 33.0 Å². The lowest BCUT2D eigenvalue weighted by molar-refractivity contribution is -0.129. The molecular weight excluding hydrogens is 284 g/mol. The fourth-order valence-electron chi connectivity index (χ4n) is 1.92. The van der Waals surface area contributed by atoms with E-state index < -0.39 is 6.10 Å². The van der Waals surface area contributed by atoms with Crippen molar-refractivity contribution in [3.05, 3.63) is 29.8 Å². The highest BCUT2D eigenvalue weighted by Crippen LogP contribution is 2.13. The highest BCUT2D eigenvalue weighted by atomic mass is 16.5. The minimum atomic E-state index is -0.634. The van der Waals surface area contributed by atoms with Crippen LogP contribution in [0.4, 0.5) is 0 Å². The Hall–Kier alpha value is -1.63. The average molecular weight is 310 g/mol. The average Bonchev–Trinajstić information content (AvgIpc) is 2.47. The van der Waals surface area contributed by atoms with Gasteiger partial charge in [0.15, 0.2) is 0 Å². The molecular formula is C16H26N2O4. The third kappa shape index (κ3) is 6.89. The van der Waals surface area contributed by atoms with E-state index in [1.807, 2.05) is 24.3 Å². The van der Waals surface area contributed by atoms with Crippen LogP contribution in [0.3, 0.4) is 0 Å². The lowest BCUT2D eigenvalue weighted by atomic mass is 10.2. The molecule has 1 amide bonds. The van der Waals surface area contributed by atoms with Crippen molar-refractivity contribution in [3.63, 3.8) is 0 Å². The van der Waals surface area contributed by atoms with Crippen LogP contribution in [0.25, 0.3) is 0 Å². The molecule has 124 valence electrons. The van der Waals surface area contributed by atoms with Gasteiger partial charge in [0.1, 0.15) is 5.75 Å². The van der Waals surface area contributed by atoms with Crippen molar-refractivity contribution in [1.82, 2.24) is 9.80 Å². The Labute approximate surface area is 132 Å². The predicted octanol–water partition coefficient (Wildman–Crippen LogP) is 0.593. The number of amides is 1. The van der Waals surface area contributed by atoms with Crippen molar-refractivity contribution in [3.8, 4) is 5.75 Å². The summed E-state index contributed by atoms with van der Waals surface area (Å²) < 4.78 is 10.7. The lowest BCUT2D eigenvalue weighted by Gasteiger charge is -2.21. The molecule has 6 nitrogen and oxygen atoms in total. The van der Waals surface area contributed by atoms with Gasteiger partial charge >= 0.3 is 0 Å². The van der Waals surface area contributed by atoms with Gasteiger partial charge < -0.3 is 19.5 Å². The maximum absolute atomic E-state index is 11.6. The number of aliphatic hydroxyl groups excluding tert-OH is 1. The molecule has 1 unspecified atom stereocenters. The van der Waals surface area contributed by atoms with E-state index >= 15 is 0 Å². The van der Waals surface area contributed by atoms with Gasteiger partial charge in [-0.2, -0.15) is 0 Å². The first kappa shape index (κ1) is 18.4. The van der Waals surface area contributed by atoms with Crippen LogP contribution in [0.15, 0.2) is 24.3 Å². The Morgan fingerprint density at radius 3 is 2.68 bits per heavy atom. The minimum absolute atomic E-state index is 0.00648. The van der Waals surface area contributed by atoms with Gasteiger partial charge in [-0.25, -0.2) is 0 Å². The highest BCUT2D eigenvalue weighted by molar-refractivity contribution is 5.77. The second-order valence-corrected chi connectivity index (χ2v) is 5.51. The van der Waals surface area contributed by atoms with E-state index in [9.17, 15) is 9.90 Å². The maximum Gasteiger partial charge on any atom is 0.236 e. The number of carbonyl (C=O) groups is 1. The molecule has 1 aromatic carbocycles. The summed E-state index contributed by atoms with van der Waals surface area (Å²) in [6.07, 6.45) is -0.634. The summed E-state index contributed by atoms with van der Waals surface area (Å²) in [5.41, 5.74) is 0.989. The number of ether oxygens (including phenoxy) is 2. The molecule has 0 saturated carbocycles. The van der Waals surface area contributed by atoms with Crippen LogP contribution in [0.2, 0.25) is 0 Å². The molecule has 0 saturated heterocycles. The molecule has 22 heavy (non-hydrogen) atoms. The Morgan fingerprint density at radius 2 is 2.05 bits per heavy atom. The molecule has 0 fully saturated rings. The molecule has 1 atom stereocenters. The fourth-order valence-corrected chi connectivity index (χ4v) is 1.92. The van der Waals surface area contributed by atoms with Gasteiger partial charge in [0.2, 0.25) is 5.91 Å². The molecule has 6 heteroatoms. The largest absolute Gasteiger partial charge is 0.497 e. The van der Waals surface area contributed by atoms with Crippen molar-refractivity contribution < 1.29 is 19.4 Å². The smallest absolute Gasteiger partial charge is 0.236 e. The van der Waals surface area contributed by atoms with Crippen molar-refractivity contribution in [1.29, 1.82) is 0 Å². The van der Waals surface area contributed by atoms with Gasteiger partial charge in [0.25, 0.3) is 0 Å². The van der Waals surface area contributed by atoms with E-state index in [0.29, 0.717) is 13.2 Å². The second kappa shape index (κ2) is 9.40. The zero-order valence-corrected chi connectivity index (χ0v) is 13.8. The van der Waals surface area contributed by atoms with E-state index in [-0.39, 0.29) is 19.1 Å². The van der Waals surface area contributed by atoms with Crippen LogP contribution < -0.4 is 4.74 Å². The zero-order valence-electron chi connectivity index (χ0n) is 13.8. The van der Waals surface area contributed by atoms with Gasteiger partial charge in [0, 0.05) is 20.6 Å². The number of benzene rings is 1. The van der Waals surface area contributed by atoms with Gasteiger partial charge in [-0.1, -0.05) is 12.1 Å². The summed E-state index contributed by atoms with van der Waals surface area (Å²) in [4.78, 5) is 14.9. The molecule has 1 rings (SSSR count). The van der Waals surface area contributed by atoms with Gasteiger partial charge in [-0.15, -0.1) is 0 Å². The molecule has 0 radical (unpaired) electrons. The number of likely N-dealkylation sites (N-methyl/N-ethyl adjacent to an activating group) is 2. The van der Waals surface area contributed by atoms with Crippen molar-refractivity contribution in [2.75, 3.05) is 47.9 Å². The summed E-state index contributed by atoms with van der Waals surface area (Å²) in [5.74, 6) is 0.788. The summed E-state index contributed by atoms with van der Waals surface area (Å²) in [6.45, 7) is 1.30. The maximum atomic E-state index is 11.6. The molecule has 0 aromatic heterocycles. The fraction of sp³-hybridized carbons (Fsp3) is 0.562. The van der Waals surface area contributed by atoms with E-state index in [1.165, 1.54) is 4.90 Å². The first-order chi connectivity index (χ1) is 10.4. The first-order valence-corrected chi connectivity index (χ1v) is 7.19. The molecule has 0 heterocycles. The van der Waals surface area contributed by atoms with E-state index in [2.05, 4.69) is 0 Å². The monoisotopic (exact) mass is 310 g/mol. The van der Waals surface area contributed by atoms with Crippen molar-refractivity contribution in [2.24, 2.45) is 0 Å². The number of hydrogen-bond acceptors (Lipinski definition) is 5. The summed E-state index contributed by atoms with van der Waals surface area (Å²) in [7, 11) is 6.84. The Kier molecular flexibility index (Phi) is 7.87. The van der Waals surface area contributed by atoms with Crippen LogP contribution in [-0.4, -0.2) is 74.9 Å². The van der Waals surface area contributed by atoms with Crippen LogP contribution in [0.1, 0.15) is 5.56 Å². The minimum Gasteiger partial charge on any atom is -0.497 e. The SMILES string of the molecule is COc1cccc(COCC(O)CN(C)CC(=O)N(C)C)c1. The quantitative estimate of drug-likeness (QED) is 0.723. The Bertz CT molecular complexity index is 465. The van der Waals surface area contributed by atoms with E-state index in [4.69, 9.17) is 9.47 Å².